The lowest BCUT2D eigenvalue weighted by atomic mass is 10.0. The SMILES string of the molecule is CC/C=C\C/C=C\C/C=C\C/C=C\C/C=C\CCCCCCCC(=O)OCC(COP(=O)(O)OCC(O)COP(=O)(O)OCC(O)COC(=O)CCCCCCCCCCCCC/C=C\C/C=C\C/C=C\C/C=C\CCCCC)OC(=O)CCCCCCCCCCCCCCC. The Balaban J connectivity index is 4.54. The van der Waals surface area contributed by atoms with Gasteiger partial charge in [0.25, 0.3) is 0 Å². The molecule has 0 radical (unpaired) electrons. The summed E-state index contributed by atoms with van der Waals surface area (Å²) in [5.41, 5.74) is 0. The Hall–Kier alpha value is -3.79. The molecule has 0 aromatic heterocycles. The second-order valence-electron chi connectivity index (χ2n) is 25.4. The van der Waals surface area contributed by atoms with Crippen LogP contribution in [0.25, 0.3) is 0 Å². The summed E-state index contributed by atoms with van der Waals surface area (Å²) in [4.78, 5) is 58.5. The standard InChI is InChI=1S/C79H138O16P2/c1-4-7-10-13-16-19-22-25-27-29-31-33-34-35-36-37-38-40-42-43-45-48-50-53-56-59-62-65-77(82)89-68-74(80)69-91-96(85,86)92-70-75(81)71-93-97(87,88)94-73-76(95-79(84)67-64-61-58-55-52-47-24-21-18-15-12-9-6-3)72-90-78(83)66-63-60-57-54-51-49-46-44-41-39-32-30-28-26-23-20-17-14-11-8-5-2/h8,11,16-17,19-20,25-28,31-33,35-36,39,44,46,74-76,80-81H,4-7,9-10,12-15,18,21-24,29-30,34,37-38,40-43,45,47-73H2,1-3H3,(H,85,86)(H,87,88)/b11-8-,19-16-,20-17-,27-25-,28-26-,33-31-,36-35-,39-32-,46-44-. The van der Waals surface area contributed by atoms with Gasteiger partial charge in [0.1, 0.15) is 25.4 Å². The molecule has 0 aliphatic rings. The van der Waals surface area contributed by atoms with Crippen LogP contribution in [0.1, 0.15) is 316 Å². The lowest BCUT2D eigenvalue weighted by molar-refractivity contribution is -0.161. The van der Waals surface area contributed by atoms with Gasteiger partial charge in [0.05, 0.1) is 26.4 Å². The Morgan fingerprint density at radius 1 is 0.299 bits per heavy atom. The first-order valence-electron chi connectivity index (χ1n) is 38.2. The number of hydrogen-bond donors (Lipinski definition) is 4. The van der Waals surface area contributed by atoms with E-state index < -0.39 is 91.5 Å². The van der Waals surface area contributed by atoms with Crippen LogP contribution in [0.5, 0.6) is 0 Å². The van der Waals surface area contributed by atoms with Crippen molar-refractivity contribution in [3.63, 3.8) is 0 Å². The van der Waals surface area contributed by atoms with Gasteiger partial charge < -0.3 is 34.2 Å². The summed E-state index contributed by atoms with van der Waals surface area (Å²) in [6, 6.07) is 0. The average Bonchev–Trinajstić information content (AvgIpc) is 2.14. The molecule has 97 heavy (non-hydrogen) atoms. The fourth-order valence-electron chi connectivity index (χ4n) is 10.2. The van der Waals surface area contributed by atoms with Gasteiger partial charge in [-0.05, 0) is 109 Å². The van der Waals surface area contributed by atoms with Crippen LogP contribution in [0.4, 0.5) is 0 Å². The van der Waals surface area contributed by atoms with E-state index in [4.69, 9.17) is 32.3 Å². The quantitative estimate of drug-likeness (QED) is 0.0146. The van der Waals surface area contributed by atoms with E-state index in [9.17, 15) is 43.5 Å². The first-order chi connectivity index (χ1) is 47.2. The van der Waals surface area contributed by atoms with E-state index in [0.717, 1.165) is 135 Å². The Bertz CT molecular complexity index is 2200. The molecule has 0 rings (SSSR count). The van der Waals surface area contributed by atoms with Gasteiger partial charge in [-0.3, -0.25) is 32.5 Å². The van der Waals surface area contributed by atoms with E-state index in [2.05, 4.69) is 130 Å². The number of aliphatic hydroxyl groups excluding tert-OH is 2. The largest absolute Gasteiger partial charge is 0.472 e. The zero-order valence-corrected chi connectivity index (χ0v) is 62.8. The molecule has 4 N–H and O–H groups in total. The second kappa shape index (κ2) is 72.0. The van der Waals surface area contributed by atoms with E-state index >= 15 is 0 Å². The molecule has 18 heteroatoms. The van der Waals surface area contributed by atoms with E-state index in [1.807, 2.05) is 0 Å². The third-order valence-electron chi connectivity index (χ3n) is 16.0. The first kappa shape index (κ1) is 93.2. The van der Waals surface area contributed by atoms with Gasteiger partial charge in [-0.2, -0.15) is 0 Å². The molecule has 5 unspecified atom stereocenters. The van der Waals surface area contributed by atoms with Crippen molar-refractivity contribution in [3.05, 3.63) is 109 Å². The van der Waals surface area contributed by atoms with Gasteiger partial charge in [0.2, 0.25) is 0 Å². The summed E-state index contributed by atoms with van der Waals surface area (Å²) in [6.45, 7) is 2.53. The molecule has 0 saturated carbocycles. The van der Waals surface area contributed by atoms with Crippen LogP contribution in [0, 0.1) is 0 Å². The van der Waals surface area contributed by atoms with Gasteiger partial charge in [-0.15, -0.1) is 0 Å². The zero-order valence-electron chi connectivity index (χ0n) is 61.0. The highest BCUT2D eigenvalue weighted by Crippen LogP contribution is 2.45. The lowest BCUT2D eigenvalue weighted by Gasteiger charge is -2.21. The molecule has 0 spiro atoms. The van der Waals surface area contributed by atoms with E-state index in [1.54, 1.807) is 0 Å². The molecule has 16 nitrogen and oxygen atoms in total. The number of phosphoric acid groups is 2. The lowest BCUT2D eigenvalue weighted by Crippen LogP contribution is -2.30. The number of phosphoric ester groups is 2. The van der Waals surface area contributed by atoms with Crippen molar-refractivity contribution in [3.8, 4) is 0 Å². The van der Waals surface area contributed by atoms with Crippen LogP contribution >= 0.6 is 15.6 Å². The predicted octanol–water partition coefficient (Wildman–Crippen LogP) is 22.0. The second-order valence-corrected chi connectivity index (χ2v) is 28.3. The Labute approximate surface area is 590 Å². The third kappa shape index (κ3) is 73.3. The summed E-state index contributed by atoms with van der Waals surface area (Å²) >= 11 is 0. The van der Waals surface area contributed by atoms with Crippen molar-refractivity contribution < 1.29 is 75.8 Å². The molecule has 0 amide bonds. The molecular weight excluding hydrogens is 1270 g/mol. The fourth-order valence-corrected chi connectivity index (χ4v) is 11.8. The van der Waals surface area contributed by atoms with Crippen molar-refractivity contribution in [1.82, 2.24) is 0 Å². The highest BCUT2D eigenvalue weighted by atomic mass is 31.2. The highest BCUT2D eigenvalue weighted by molar-refractivity contribution is 7.47. The molecule has 0 heterocycles. The van der Waals surface area contributed by atoms with Gasteiger partial charge >= 0.3 is 33.6 Å². The van der Waals surface area contributed by atoms with Crippen molar-refractivity contribution >= 4 is 33.6 Å². The molecule has 0 aliphatic heterocycles. The minimum atomic E-state index is -4.93. The average molecular weight is 1410 g/mol. The molecule has 0 saturated heterocycles. The third-order valence-corrected chi connectivity index (χ3v) is 17.9. The Morgan fingerprint density at radius 2 is 0.546 bits per heavy atom. The molecule has 0 aliphatic carbocycles. The number of aliphatic hydroxyl groups is 2. The summed E-state index contributed by atoms with van der Waals surface area (Å²) in [6.07, 6.45) is 82.8. The van der Waals surface area contributed by atoms with Crippen LogP contribution < -0.4 is 0 Å². The number of unbranched alkanes of at least 4 members (excludes halogenated alkanes) is 31. The van der Waals surface area contributed by atoms with E-state index in [0.29, 0.717) is 19.3 Å². The Kier molecular flexibility index (Phi) is 69.2. The predicted molar refractivity (Wildman–Crippen MR) is 399 cm³/mol. The normalized spacial score (nSPS) is 14.7. The zero-order chi connectivity index (χ0) is 70.9. The summed E-state index contributed by atoms with van der Waals surface area (Å²) in [7, 11) is -9.79. The smallest absolute Gasteiger partial charge is 0.463 e. The van der Waals surface area contributed by atoms with Crippen molar-refractivity contribution in [2.45, 2.75) is 334 Å². The molecule has 560 valence electrons. The minimum Gasteiger partial charge on any atom is -0.463 e. The van der Waals surface area contributed by atoms with Gasteiger partial charge in [0.15, 0.2) is 6.10 Å². The first-order valence-corrected chi connectivity index (χ1v) is 41.2. The molecule has 0 aromatic rings. The van der Waals surface area contributed by atoms with Crippen molar-refractivity contribution in [2.75, 3.05) is 39.6 Å². The number of hydrogen-bond acceptors (Lipinski definition) is 14. The topological polar surface area (TPSA) is 231 Å². The Morgan fingerprint density at radius 3 is 0.887 bits per heavy atom. The molecule has 0 aromatic carbocycles. The van der Waals surface area contributed by atoms with Gasteiger partial charge in [-0.1, -0.05) is 297 Å². The van der Waals surface area contributed by atoms with Gasteiger partial charge in [0, 0.05) is 19.3 Å². The minimum absolute atomic E-state index is 0.102. The summed E-state index contributed by atoms with van der Waals surface area (Å²) < 4.78 is 61.0. The number of esters is 3. The monoisotopic (exact) mass is 1400 g/mol. The molecule has 0 fully saturated rings. The molecule has 5 atom stereocenters. The van der Waals surface area contributed by atoms with E-state index in [-0.39, 0.29) is 19.3 Å². The highest BCUT2D eigenvalue weighted by Gasteiger charge is 2.29. The maximum absolute atomic E-state index is 12.9. The maximum Gasteiger partial charge on any atom is 0.472 e. The van der Waals surface area contributed by atoms with Crippen molar-refractivity contribution in [2.24, 2.45) is 0 Å². The maximum atomic E-state index is 12.9. The van der Waals surface area contributed by atoms with Crippen LogP contribution in [-0.4, -0.2) is 95.9 Å². The van der Waals surface area contributed by atoms with E-state index in [1.165, 1.54) is 122 Å². The van der Waals surface area contributed by atoms with Crippen LogP contribution in [-0.2, 0) is 55.8 Å². The van der Waals surface area contributed by atoms with Crippen LogP contribution in [0.15, 0.2) is 109 Å². The number of rotatable bonds is 72. The number of ether oxygens (including phenoxy) is 3. The summed E-state index contributed by atoms with van der Waals surface area (Å²) in [5.74, 6) is -1.59. The summed E-state index contributed by atoms with van der Waals surface area (Å²) in [5, 5.41) is 20.6. The van der Waals surface area contributed by atoms with Crippen molar-refractivity contribution in [1.29, 1.82) is 0 Å². The number of carbonyl (C=O) groups is 3. The van der Waals surface area contributed by atoms with Crippen LogP contribution in [0.3, 0.4) is 0 Å². The molecule has 0 bridgehead atoms. The fraction of sp³-hybridized carbons (Fsp3) is 0.734. The van der Waals surface area contributed by atoms with Crippen LogP contribution in [0.2, 0.25) is 0 Å². The van der Waals surface area contributed by atoms with Gasteiger partial charge in [-0.25, -0.2) is 9.13 Å². The molecular formula is C79H138O16P2. The number of carbonyl (C=O) groups excluding carboxylic acids is 3. The number of allylic oxidation sites excluding steroid dienone is 18.